The lowest BCUT2D eigenvalue weighted by Crippen LogP contribution is -2.20. The van der Waals surface area contributed by atoms with Gasteiger partial charge in [-0.3, -0.25) is 9.20 Å². The molecule has 0 aliphatic rings. The van der Waals surface area contributed by atoms with Crippen LogP contribution in [0.3, 0.4) is 0 Å². The number of ether oxygens (including phenoxy) is 1. The maximum atomic E-state index is 12.3. The molecule has 6 nitrogen and oxygen atoms in total. The van der Waals surface area contributed by atoms with E-state index in [1.165, 1.54) is 18.3 Å². The van der Waals surface area contributed by atoms with Crippen LogP contribution in [-0.4, -0.2) is 28.1 Å². The van der Waals surface area contributed by atoms with E-state index in [0.717, 1.165) is 0 Å². The summed E-state index contributed by atoms with van der Waals surface area (Å²) in [4.78, 5) is 16.6. The van der Waals surface area contributed by atoms with Crippen molar-refractivity contribution in [2.45, 2.75) is 13.5 Å². The van der Waals surface area contributed by atoms with Crippen LogP contribution in [0.15, 0.2) is 53.8 Å². The van der Waals surface area contributed by atoms with E-state index in [-0.39, 0.29) is 5.75 Å². The number of hydrogen-bond donors (Lipinski definition) is 1. The molecule has 3 aromatic rings. The molecule has 0 saturated carbocycles. The quantitative estimate of drug-likeness (QED) is 0.571. The average Bonchev–Trinajstić information content (AvgIpc) is 2.91. The van der Waals surface area contributed by atoms with E-state index in [9.17, 15) is 13.6 Å². The van der Waals surface area contributed by atoms with Crippen molar-refractivity contribution >= 4 is 17.8 Å². The maximum absolute atomic E-state index is 12.3. The molecule has 0 atom stereocenters. The number of benzene rings is 1. The van der Waals surface area contributed by atoms with Crippen molar-refractivity contribution in [2.24, 2.45) is 5.10 Å². The van der Waals surface area contributed by atoms with Crippen LogP contribution in [0.1, 0.15) is 21.7 Å². The summed E-state index contributed by atoms with van der Waals surface area (Å²) in [5.74, 6) is -0.345. The summed E-state index contributed by atoms with van der Waals surface area (Å²) in [6, 6.07) is 11.3. The first-order chi connectivity index (χ1) is 12.0. The number of imidazole rings is 1. The largest absolute Gasteiger partial charge is 0.435 e. The van der Waals surface area contributed by atoms with Crippen molar-refractivity contribution in [2.75, 3.05) is 0 Å². The standard InChI is InChI=1S/C17H14F2N4O2/c1-11-15(23-9-3-2-4-14(23)21-11)16(24)22-20-10-12-5-7-13(8-6-12)25-17(18)19/h2-10,17H,1H3,(H,22,24). The number of halogens is 2. The SMILES string of the molecule is Cc1nc2ccccn2c1C(=O)NN=Cc1ccc(OC(F)F)cc1. The van der Waals surface area contributed by atoms with Gasteiger partial charge in [-0.2, -0.15) is 13.9 Å². The van der Waals surface area contributed by atoms with Gasteiger partial charge < -0.3 is 4.74 Å². The molecule has 128 valence electrons. The van der Waals surface area contributed by atoms with E-state index >= 15 is 0 Å². The zero-order valence-corrected chi connectivity index (χ0v) is 13.2. The van der Waals surface area contributed by atoms with Gasteiger partial charge in [0.1, 0.15) is 17.1 Å². The van der Waals surface area contributed by atoms with Gasteiger partial charge in [0.15, 0.2) is 0 Å². The average molecular weight is 344 g/mol. The first kappa shape index (κ1) is 16.6. The Labute approximate surface area is 141 Å². The summed E-state index contributed by atoms with van der Waals surface area (Å²) < 4.78 is 30.1. The zero-order valence-electron chi connectivity index (χ0n) is 13.2. The molecule has 1 amide bonds. The molecule has 25 heavy (non-hydrogen) atoms. The van der Waals surface area contributed by atoms with Gasteiger partial charge >= 0.3 is 6.61 Å². The summed E-state index contributed by atoms with van der Waals surface area (Å²) in [5, 5.41) is 3.88. The topological polar surface area (TPSA) is 68.0 Å². The van der Waals surface area contributed by atoms with E-state index in [2.05, 4.69) is 20.2 Å². The zero-order chi connectivity index (χ0) is 17.8. The number of pyridine rings is 1. The van der Waals surface area contributed by atoms with Crippen molar-refractivity contribution in [1.82, 2.24) is 14.8 Å². The lowest BCUT2D eigenvalue weighted by Gasteiger charge is -2.04. The van der Waals surface area contributed by atoms with Crippen molar-refractivity contribution in [3.05, 3.63) is 65.6 Å². The number of carbonyl (C=O) groups is 1. The van der Waals surface area contributed by atoms with Crippen molar-refractivity contribution in [3.63, 3.8) is 0 Å². The van der Waals surface area contributed by atoms with E-state index in [4.69, 9.17) is 0 Å². The number of hydrogen-bond acceptors (Lipinski definition) is 4. The highest BCUT2D eigenvalue weighted by Gasteiger charge is 2.15. The minimum absolute atomic E-state index is 0.0533. The summed E-state index contributed by atoms with van der Waals surface area (Å²) in [6.07, 6.45) is 3.15. The summed E-state index contributed by atoms with van der Waals surface area (Å²) in [6.45, 7) is -1.12. The highest BCUT2D eigenvalue weighted by Crippen LogP contribution is 2.14. The van der Waals surface area contributed by atoms with Crippen LogP contribution in [0.5, 0.6) is 5.75 Å². The van der Waals surface area contributed by atoms with Gasteiger partial charge in [0, 0.05) is 6.20 Å². The maximum Gasteiger partial charge on any atom is 0.387 e. The predicted octanol–water partition coefficient (Wildman–Crippen LogP) is 3.01. The van der Waals surface area contributed by atoms with Gasteiger partial charge in [0.05, 0.1) is 11.9 Å². The van der Waals surface area contributed by atoms with Gasteiger partial charge in [-0.25, -0.2) is 10.4 Å². The Balaban J connectivity index is 1.69. The third-order valence-corrected chi connectivity index (χ3v) is 3.40. The van der Waals surface area contributed by atoms with Gasteiger partial charge in [0.25, 0.3) is 5.91 Å². The number of alkyl halides is 2. The monoisotopic (exact) mass is 344 g/mol. The van der Waals surface area contributed by atoms with Crippen LogP contribution < -0.4 is 10.2 Å². The summed E-state index contributed by atoms with van der Waals surface area (Å²) in [7, 11) is 0. The molecule has 1 N–H and O–H groups in total. The third kappa shape index (κ3) is 3.79. The Morgan fingerprint density at radius 1 is 1.28 bits per heavy atom. The molecule has 8 heteroatoms. The van der Waals surface area contributed by atoms with Crippen LogP contribution in [0.2, 0.25) is 0 Å². The molecule has 3 rings (SSSR count). The number of nitrogens with one attached hydrogen (secondary N) is 1. The van der Waals surface area contributed by atoms with Gasteiger partial charge in [-0.15, -0.1) is 0 Å². The Kier molecular flexibility index (Phi) is 4.69. The number of rotatable bonds is 5. The predicted molar refractivity (Wildman–Crippen MR) is 88.1 cm³/mol. The normalized spacial score (nSPS) is 11.4. The smallest absolute Gasteiger partial charge is 0.387 e. The van der Waals surface area contributed by atoms with Crippen molar-refractivity contribution < 1.29 is 18.3 Å². The van der Waals surface area contributed by atoms with Gasteiger partial charge in [-0.05, 0) is 48.9 Å². The lowest BCUT2D eigenvalue weighted by atomic mass is 10.2. The first-order valence-corrected chi connectivity index (χ1v) is 7.36. The number of hydrazone groups is 1. The molecule has 0 bridgehead atoms. The molecule has 0 saturated heterocycles. The fourth-order valence-corrected chi connectivity index (χ4v) is 2.34. The van der Waals surface area contributed by atoms with E-state index < -0.39 is 12.5 Å². The number of fused-ring (bicyclic) bond motifs is 1. The third-order valence-electron chi connectivity index (χ3n) is 3.40. The van der Waals surface area contributed by atoms with E-state index in [1.54, 1.807) is 41.8 Å². The first-order valence-electron chi connectivity index (χ1n) is 7.36. The summed E-state index contributed by atoms with van der Waals surface area (Å²) in [5.41, 5.74) is 4.71. The number of aryl methyl sites for hydroxylation is 1. The Hall–Kier alpha value is -3.29. The second-order valence-electron chi connectivity index (χ2n) is 5.12. The fourth-order valence-electron chi connectivity index (χ4n) is 2.34. The van der Waals surface area contributed by atoms with Gasteiger partial charge in [0.2, 0.25) is 0 Å². The fraction of sp³-hybridized carbons (Fsp3) is 0.118. The molecule has 0 radical (unpaired) electrons. The second-order valence-corrected chi connectivity index (χ2v) is 5.12. The Morgan fingerprint density at radius 3 is 2.76 bits per heavy atom. The molecule has 0 unspecified atom stereocenters. The highest BCUT2D eigenvalue weighted by atomic mass is 19.3. The number of carbonyl (C=O) groups excluding carboxylic acids is 1. The highest BCUT2D eigenvalue weighted by molar-refractivity contribution is 5.95. The Bertz CT molecular complexity index is 920. The van der Waals surface area contributed by atoms with Crippen LogP contribution in [0.25, 0.3) is 5.65 Å². The minimum atomic E-state index is -2.87. The molecular formula is C17H14F2N4O2. The van der Waals surface area contributed by atoms with Crippen LogP contribution >= 0.6 is 0 Å². The molecule has 0 aliphatic heterocycles. The van der Waals surface area contributed by atoms with E-state index in [1.807, 2.05) is 6.07 Å². The number of aromatic nitrogens is 2. The van der Waals surface area contributed by atoms with Crippen LogP contribution in [0.4, 0.5) is 8.78 Å². The molecular weight excluding hydrogens is 330 g/mol. The molecule has 2 aromatic heterocycles. The molecule has 1 aromatic carbocycles. The Morgan fingerprint density at radius 2 is 2.04 bits per heavy atom. The number of amides is 1. The molecule has 0 fully saturated rings. The van der Waals surface area contributed by atoms with Gasteiger partial charge in [-0.1, -0.05) is 6.07 Å². The van der Waals surface area contributed by atoms with Crippen LogP contribution in [0, 0.1) is 6.92 Å². The van der Waals surface area contributed by atoms with Crippen molar-refractivity contribution in [1.29, 1.82) is 0 Å². The van der Waals surface area contributed by atoms with Crippen molar-refractivity contribution in [3.8, 4) is 5.75 Å². The molecule has 0 aliphatic carbocycles. The summed E-state index contributed by atoms with van der Waals surface area (Å²) >= 11 is 0. The van der Waals surface area contributed by atoms with Crippen LogP contribution in [-0.2, 0) is 0 Å². The lowest BCUT2D eigenvalue weighted by molar-refractivity contribution is -0.0498. The second kappa shape index (κ2) is 7.08. The van der Waals surface area contributed by atoms with E-state index in [0.29, 0.717) is 22.6 Å². The molecule has 0 spiro atoms. The molecule has 2 heterocycles. The minimum Gasteiger partial charge on any atom is -0.435 e. The number of nitrogens with zero attached hydrogens (tertiary/aromatic N) is 3.